The molecule has 16 heavy (non-hydrogen) atoms. The second-order valence-electron chi connectivity index (χ2n) is 5.52. The lowest BCUT2D eigenvalue weighted by Gasteiger charge is -2.15. The first-order chi connectivity index (χ1) is 7.54. The summed E-state index contributed by atoms with van der Waals surface area (Å²) in [5.41, 5.74) is -0.142. The summed E-state index contributed by atoms with van der Waals surface area (Å²) >= 11 is 2.00. The minimum absolute atomic E-state index is 0.142. The minimum Gasteiger partial charge on any atom is -0.315 e. The Hall–Kier alpha value is -0.200. The highest BCUT2D eigenvalue weighted by molar-refractivity contribution is 8.00. The van der Waals surface area contributed by atoms with Gasteiger partial charge < -0.3 is 5.32 Å². The summed E-state index contributed by atoms with van der Waals surface area (Å²) < 4.78 is 0.575. The first kappa shape index (κ1) is 13.9. The molecule has 3 heteroatoms. The maximum absolute atomic E-state index is 8.88. The second kappa shape index (κ2) is 5.93. The van der Waals surface area contributed by atoms with Gasteiger partial charge in [0, 0.05) is 11.3 Å². The van der Waals surface area contributed by atoms with Gasteiger partial charge in [-0.2, -0.15) is 17.0 Å². The summed E-state index contributed by atoms with van der Waals surface area (Å²) in [4.78, 5) is 0. The maximum Gasteiger partial charge on any atom is 0.0683 e. The van der Waals surface area contributed by atoms with E-state index in [1.54, 1.807) is 0 Å². The zero-order chi connectivity index (χ0) is 12.1. The monoisotopic (exact) mass is 240 g/mol. The highest BCUT2D eigenvalue weighted by Crippen LogP contribution is 2.46. The normalized spacial score (nSPS) is 18.1. The average molecular weight is 240 g/mol. The molecule has 1 aliphatic rings. The summed E-state index contributed by atoms with van der Waals surface area (Å²) in [6.07, 6.45) is 8.32. The number of nitriles is 1. The Morgan fingerprint density at radius 2 is 2.06 bits per heavy atom. The number of unbranched alkanes of at least 4 members (excludes halogenated alkanes) is 1. The van der Waals surface area contributed by atoms with Gasteiger partial charge in [0.2, 0.25) is 0 Å². The molecule has 1 saturated carbocycles. The molecular weight excluding hydrogens is 216 g/mol. The van der Waals surface area contributed by atoms with Crippen LogP contribution in [-0.4, -0.2) is 24.1 Å². The number of rotatable bonds is 8. The van der Waals surface area contributed by atoms with Gasteiger partial charge in [0.1, 0.15) is 0 Å². The predicted octanol–water partition coefficient (Wildman–Crippen LogP) is 3.19. The van der Waals surface area contributed by atoms with E-state index in [0.29, 0.717) is 4.75 Å². The van der Waals surface area contributed by atoms with Crippen LogP contribution in [0.4, 0.5) is 0 Å². The van der Waals surface area contributed by atoms with Crippen LogP contribution in [0, 0.1) is 16.7 Å². The zero-order valence-corrected chi connectivity index (χ0v) is 11.6. The van der Waals surface area contributed by atoms with Crippen LogP contribution in [-0.2, 0) is 0 Å². The van der Waals surface area contributed by atoms with Gasteiger partial charge in [0.25, 0.3) is 0 Å². The van der Waals surface area contributed by atoms with Crippen molar-refractivity contribution in [2.75, 3.05) is 19.3 Å². The van der Waals surface area contributed by atoms with Crippen molar-refractivity contribution in [2.24, 2.45) is 5.41 Å². The van der Waals surface area contributed by atoms with E-state index in [1.165, 1.54) is 19.3 Å². The predicted molar refractivity (Wildman–Crippen MR) is 71.6 cm³/mol. The molecule has 0 amide bonds. The fraction of sp³-hybridized carbons (Fsp3) is 0.923. The van der Waals surface area contributed by atoms with Crippen LogP contribution in [0.25, 0.3) is 0 Å². The second-order valence-corrected chi connectivity index (χ2v) is 6.79. The van der Waals surface area contributed by atoms with E-state index < -0.39 is 0 Å². The Kier molecular flexibility index (Phi) is 5.14. The first-order valence-corrected chi connectivity index (χ1v) is 7.43. The molecule has 0 radical (unpaired) electrons. The van der Waals surface area contributed by atoms with E-state index >= 15 is 0 Å². The Morgan fingerprint density at radius 3 is 2.56 bits per heavy atom. The van der Waals surface area contributed by atoms with Crippen molar-refractivity contribution in [3.63, 3.8) is 0 Å². The molecule has 1 aliphatic carbocycles. The molecule has 0 spiro atoms. The third-order valence-corrected chi connectivity index (χ3v) is 4.81. The number of hydrogen-bond acceptors (Lipinski definition) is 3. The Labute approximate surface area is 104 Å². The van der Waals surface area contributed by atoms with E-state index in [9.17, 15) is 0 Å². The Morgan fingerprint density at radius 1 is 1.38 bits per heavy atom. The molecule has 0 saturated heterocycles. The minimum atomic E-state index is -0.142. The van der Waals surface area contributed by atoms with Crippen LogP contribution in [0.3, 0.4) is 0 Å². The first-order valence-electron chi connectivity index (χ1n) is 6.21. The molecule has 1 rings (SSSR count). The van der Waals surface area contributed by atoms with Crippen molar-refractivity contribution >= 4 is 11.8 Å². The van der Waals surface area contributed by atoms with E-state index in [0.717, 1.165) is 25.9 Å². The lowest BCUT2D eigenvalue weighted by atomic mass is 9.89. The smallest absolute Gasteiger partial charge is 0.0683 e. The van der Waals surface area contributed by atoms with E-state index in [2.05, 4.69) is 17.6 Å². The average Bonchev–Trinajstić information content (AvgIpc) is 3.04. The SMILES string of the molecule is CSC1(CNCCCCC(C)(C)C#N)CC1. The molecule has 1 fully saturated rings. The highest BCUT2D eigenvalue weighted by Gasteiger charge is 2.41. The van der Waals surface area contributed by atoms with Gasteiger partial charge in [-0.25, -0.2) is 0 Å². The zero-order valence-electron chi connectivity index (χ0n) is 10.8. The number of nitrogens with zero attached hydrogens (tertiary/aromatic N) is 1. The van der Waals surface area contributed by atoms with E-state index in [1.807, 2.05) is 25.6 Å². The summed E-state index contributed by atoms with van der Waals surface area (Å²) in [7, 11) is 0. The Bertz CT molecular complexity index is 251. The van der Waals surface area contributed by atoms with E-state index in [-0.39, 0.29) is 5.41 Å². The van der Waals surface area contributed by atoms with Crippen molar-refractivity contribution in [3.05, 3.63) is 0 Å². The van der Waals surface area contributed by atoms with Gasteiger partial charge in [0.05, 0.1) is 11.5 Å². The van der Waals surface area contributed by atoms with Crippen LogP contribution in [0.2, 0.25) is 0 Å². The quantitative estimate of drug-likeness (QED) is 0.662. The molecule has 0 heterocycles. The van der Waals surface area contributed by atoms with Crippen molar-refractivity contribution in [2.45, 2.75) is 50.7 Å². The van der Waals surface area contributed by atoms with E-state index in [4.69, 9.17) is 5.26 Å². The number of thioether (sulfide) groups is 1. The van der Waals surface area contributed by atoms with Crippen molar-refractivity contribution < 1.29 is 0 Å². The van der Waals surface area contributed by atoms with Crippen LogP contribution >= 0.6 is 11.8 Å². The van der Waals surface area contributed by atoms with Crippen molar-refractivity contribution in [1.82, 2.24) is 5.32 Å². The number of nitrogens with one attached hydrogen (secondary N) is 1. The third-order valence-electron chi connectivity index (χ3n) is 3.40. The fourth-order valence-electron chi connectivity index (χ4n) is 1.78. The third kappa shape index (κ3) is 4.76. The van der Waals surface area contributed by atoms with Gasteiger partial charge in [-0.05, 0) is 52.3 Å². The largest absolute Gasteiger partial charge is 0.315 e. The number of hydrogen-bond donors (Lipinski definition) is 1. The molecule has 0 aromatic rings. The molecule has 0 aromatic heterocycles. The van der Waals surface area contributed by atoms with Crippen molar-refractivity contribution in [3.8, 4) is 6.07 Å². The maximum atomic E-state index is 8.88. The van der Waals surface area contributed by atoms with Crippen molar-refractivity contribution in [1.29, 1.82) is 5.26 Å². The molecule has 0 unspecified atom stereocenters. The van der Waals surface area contributed by atoms with Crippen LogP contribution in [0.15, 0.2) is 0 Å². The molecule has 0 aromatic carbocycles. The molecular formula is C13H24N2S. The molecule has 2 nitrogen and oxygen atoms in total. The lowest BCUT2D eigenvalue weighted by molar-refractivity contribution is 0.422. The van der Waals surface area contributed by atoms with Gasteiger partial charge >= 0.3 is 0 Å². The molecule has 0 aliphatic heterocycles. The summed E-state index contributed by atoms with van der Waals surface area (Å²) in [5, 5.41) is 12.4. The molecule has 1 N–H and O–H groups in total. The van der Waals surface area contributed by atoms with Gasteiger partial charge in [-0.15, -0.1) is 0 Å². The Balaban J connectivity index is 1.95. The van der Waals surface area contributed by atoms with Gasteiger partial charge in [-0.1, -0.05) is 6.42 Å². The summed E-state index contributed by atoms with van der Waals surface area (Å²) in [6.45, 7) is 6.31. The molecule has 92 valence electrons. The summed E-state index contributed by atoms with van der Waals surface area (Å²) in [5.74, 6) is 0. The van der Waals surface area contributed by atoms with Gasteiger partial charge in [-0.3, -0.25) is 0 Å². The molecule has 0 atom stereocenters. The summed E-state index contributed by atoms with van der Waals surface area (Å²) in [6, 6.07) is 2.35. The highest BCUT2D eigenvalue weighted by atomic mass is 32.2. The van der Waals surface area contributed by atoms with Crippen LogP contribution in [0.5, 0.6) is 0 Å². The van der Waals surface area contributed by atoms with Crippen LogP contribution in [0.1, 0.15) is 46.0 Å². The topological polar surface area (TPSA) is 35.8 Å². The fourth-order valence-corrected chi connectivity index (χ4v) is 2.54. The van der Waals surface area contributed by atoms with Gasteiger partial charge in [0.15, 0.2) is 0 Å². The molecule has 0 bridgehead atoms. The lowest BCUT2D eigenvalue weighted by Crippen LogP contribution is -2.26. The van der Waals surface area contributed by atoms with Crippen LogP contribution < -0.4 is 5.32 Å². The standard InChI is InChI=1S/C13H24N2S/c1-12(2,10-14)6-4-5-9-15-11-13(16-3)7-8-13/h15H,4-9,11H2,1-3H3.